The average molecular weight is 939 g/mol. The lowest BCUT2D eigenvalue weighted by atomic mass is 9.75. The zero-order valence-corrected chi connectivity index (χ0v) is 38.4. The number of carbonyl (C=O) groups excluding carboxylic acids is 2. The maximum Gasteiger partial charge on any atom is 0.200 e. The second-order valence-electron chi connectivity index (χ2n) is 18.9. The summed E-state index contributed by atoms with van der Waals surface area (Å²) in [4.78, 5) is 28.6. The third-order valence-electron chi connectivity index (χ3n) is 13.8. The maximum atomic E-state index is 14.8. The van der Waals surface area contributed by atoms with Crippen LogP contribution in [0.5, 0.6) is 17.2 Å². The average Bonchev–Trinajstić information content (AvgIpc) is 3.24. The lowest BCUT2D eigenvalue weighted by Crippen LogP contribution is -2.58. The van der Waals surface area contributed by atoms with Crippen LogP contribution in [-0.4, -0.2) is 181 Å². The van der Waals surface area contributed by atoms with Crippen LogP contribution in [-0.2, 0) is 49.1 Å². The van der Waals surface area contributed by atoms with Crippen molar-refractivity contribution in [2.45, 2.75) is 203 Å². The van der Waals surface area contributed by atoms with Gasteiger partial charge >= 0.3 is 0 Å². The molecule has 4 saturated heterocycles. The van der Waals surface area contributed by atoms with Crippen molar-refractivity contribution >= 4 is 22.3 Å². The summed E-state index contributed by atoms with van der Waals surface area (Å²) < 4.78 is 54.2. The second kappa shape index (κ2) is 20.1. The molecule has 0 amide bonds. The Morgan fingerprint density at radius 3 is 1.95 bits per heavy atom. The predicted molar refractivity (Wildman–Crippen MR) is 227 cm³/mol. The Morgan fingerprint density at radius 2 is 1.38 bits per heavy atom. The summed E-state index contributed by atoms with van der Waals surface area (Å²) in [5.74, 6) is -3.64. The summed E-state index contributed by atoms with van der Waals surface area (Å²) in [6.07, 6.45) is -19.5. The number of methoxy groups -OCH3 is 1. The fourth-order valence-corrected chi connectivity index (χ4v) is 9.84. The number of aliphatic hydroxyl groups is 7. The van der Waals surface area contributed by atoms with Gasteiger partial charge in [-0.05, 0) is 84.4 Å². The molecule has 0 bridgehead atoms. The Hall–Kier alpha value is -3.16. The lowest BCUT2D eigenvalue weighted by molar-refractivity contribution is -0.334. The van der Waals surface area contributed by atoms with Gasteiger partial charge in [-0.2, -0.15) is 0 Å². The highest BCUT2D eigenvalue weighted by Crippen LogP contribution is 2.47. The largest absolute Gasteiger partial charge is 0.507 e. The van der Waals surface area contributed by atoms with E-state index in [1.165, 1.54) is 21.0 Å². The second-order valence-corrected chi connectivity index (χ2v) is 18.9. The number of benzene rings is 2. The zero-order valence-electron chi connectivity index (χ0n) is 38.4. The molecule has 0 radical (unpaired) electrons. The molecule has 2 aromatic carbocycles. The monoisotopic (exact) mass is 938 g/mol. The van der Waals surface area contributed by atoms with Crippen LogP contribution in [0.1, 0.15) is 95.1 Å². The first kappa shape index (κ1) is 50.7. The van der Waals surface area contributed by atoms with E-state index in [2.05, 4.69) is 0 Å². The molecule has 20 heteroatoms. The highest BCUT2D eigenvalue weighted by atomic mass is 16.7. The van der Waals surface area contributed by atoms with Crippen LogP contribution < -0.4 is 4.74 Å². The fourth-order valence-electron chi connectivity index (χ4n) is 9.84. The summed E-state index contributed by atoms with van der Waals surface area (Å²) in [6.45, 7) is 10.7. The molecule has 1 aliphatic carbocycles. The van der Waals surface area contributed by atoms with Crippen molar-refractivity contribution in [2.24, 2.45) is 5.92 Å². The van der Waals surface area contributed by atoms with E-state index < -0.39 is 139 Å². The number of rotatable bonds is 13. The van der Waals surface area contributed by atoms with Gasteiger partial charge in [0.1, 0.15) is 53.9 Å². The van der Waals surface area contributed by atoms with Crippen molar-refractivity contribution in [2.75, 3.05) is 7.11 Å². The topological polar surface area (TPSA) is 299 Å². The number of ether oxygens (including phenoxy) is 9. The molecule has 0 saturated carbocycles. The number of aliphatic hydroxyl groups excluding tert-OH is 6. The number of ketones is 2. The highest BCUT2D eigenvalue weighted by molar-refractivity contribution is 6.11. The molecule has 0 aromatic heterocycles. The number of phenols is 2. The summed E-state index contributed by atoms with van der Waals surface area (Å²) in [5.41, 5.74) is -1.23. The third kappa shape index (κ3) is 10.1. The maximum absolute atomic E-state index is 14.8. The van der Waals surface area contributed by atoms with Crippen LogP contribution in [0.25, 0.3) is 10.8 Å². The minimum absolute atomic E-state index is 0.0392. The molecule has 2 aromatic rings. The van der Waals surface area contributed by atoms with Gasteiger partial charge in [-0.15, -0.1) is 0 Å². The van der Waals surface area contributed by atoms with Crippen molar-refractivity contribution < 1.29 is 98.2 Å². The Kier molecular flexibility index (Phi) is 15.4. The van der Waals surface area contributed by atoms with Gasteiger partial charge in [0.2, 0.25) is 0 Å². The number of carbonyl (C=O) groups is 2. The Labute approximate surface area is 382 Å². The Morgan fingerprint density at radius 1 is 0.803 bits per heavy atom. The van der Waals surface area contributed by atoms with Gasteiger partial charge in [-0.25, -0.2) is 0 Å². The summed E-state index contributed by atoms with van der Waals surface area (Å²) in [6, 6.07) is 3.15. The van der Waals surface area contributed by atoms with E-state index in [1.54, 1.807) is 46.8 Å². The number of phenolic OH excluding ortho intramolecular Hbond substituents is 2. The number of aromatic hydroxyl groups is 2. The Balaban J connectivity index is 1.15. The van der Waals surface area contributed by atoms with Crippen molar-refractivity contribution in [3.05, 3.63) is 28.8 Å². The van der Waals surface area contributed by atoms with E-state index in [0.717, 1.165) is 0 Å². The number of hydrogen-bond donors (Lipinski definition) is 9. The summed E-state index contributed by atoms with van der Waals surface area (Å²) >= 11 is 0. The first-order valence-corrected chi connectivity index (χ1v) is 22.7. The molecule has 370 valence electrons. The third-order valence-corrected chi connectivity index (χ3v) is 13.8. The SMILES string of the molecule is CO[C@H](C(=O)[C@@H](O)[C@@H](C)O)[C@@H]1Cc2cc3cc(O[C@H]4CC[C@H](O)[C@@H](C)O4)c(C)c(O)c3c(O)c2C(=O)[C@H]1O[C@H]1C[C@@H](O[C@H]2C[C@@H](O[C@H]3C[C@](C)(O)[C@H](O)[C@@H](C)O3)[C@H](O)[C@@H](C)O2)[C@H](O)[C@@H](C)O1. The zero-order chi connectivity index (χ0) is 48.3. The van der Waals surface area contributed by atoms with Gasteiger partial charge in [0, 0.05) is 44.3 Å². The highest BCUT2D eigenvalue weighted by Gasteiger charge is 2.51. The van der Waals surface area contributed by atoms with E-state index in [4.69, 9.17) is 42.6 Å². The van der Waals surface area contributed by atoms with Gasteiger partial charge < -0.3 is 88.6 Å². The fraction of sp³-hybridized carbons (Fsp3) is 0.739. The van der Waals surface area contributed by atoms with Gasteiger partial charge in [0.05, 0.1) is 65.4 Å². The minimum Gasteiger partial charge on any atom is -0.507 e. The predicted octanol–water partition coefficient (Wildman–Crippen LogP) is 0.899. The molecule has 0 spiro atoms. The van der Waals surface area contributed by atoms with Crippen LogP contribution in [0.3, 0.4) is 0 Å². The van der Waals surface area contributed by atoms with Crippen molar-refractivity contribution in [3.8, 4) is 17.2 Å². The van der Waals surface area contributed by atoms with E-state index in [1.807, 2.05) is 0 Å². The van der Waals surface area contributed by atoms with Crippen LogP contribution >= 0.6 is 0 Å². The molecular weight excluding hydrogens is 872 g/mol. The molecule has 0 unspecified atom stereocenters. The van der Waals surface area contributed by atoms with E-state index in [9.17, 15) is 55.5 Å². The summed E-state index contributed by atoms with van der Waals surface area (Å²) in [5, 5.41) is 98.2. The van der Waals surface area contributed by atoms with Crippen LogP contribution in [0.2, 0.25) is 0 Å². The molecule has 20 atom stereocenters. The molecule has 9 N–H and O–H groups in total. The van der Waals surface area contributed by atoms with Gasteiger partial charge in [-0.3, -0.25) is 9.59 Å². The van der Waals surface area contributed by atoms with Crippen molar-refractivity contribution in [1.29, 1.82) is 0 Å². The normalized spacial score (nSPS) is 40.1. The molecule has 4 heterocycles. The van der Waals surface area contributed by atoms with E-state index in [-0.39, 0.29) is 64.6 Å². The quantitative estimate of drug-likeness (QED) is 0.135. The first-order valence-electron chi connectivity index (χ1n) is 22.7. The lowest BCUT2D eigenvalue weighted by Gasteiger charge is -2.46. The number of Topliss-reactive ketones (excluding diaryl/α,β-unsaturated/α-hetero) is 2. The van der Waals surface area contributed by atoms with Crippen molar-refractivity contribution in [3.63, 3.8) is 0 Å². The van der Waals surface area contributed by atoms with Gasteiger partial charge in [0.25, 0.3) is 0 Å². The minimum atomic E-state index is -1.90. The number of fused-ring (bicyclic) bond motifs is 2. The molecule has 66 heavy (non-hydrogen) atoms. The molecule has 4 aliphatic heterocycles. The molecule has 5 aliphatic rings. The molecular formula is C46H66O20. The summed E-state index contributed by atoms with van der Waals surface area (Å²) in [7, 11) is 1.20. The molecule has 4 fully saturated rings. The van der Waals surface area contributed by atoms with Crippen LogP contribution in [0, 0.1) is 12.8 Å². The smallest absolute Gasteiger partial charge is 0.200 e. The Bertz CT molecular complexity index is 2060. The van der Waals surface area contributed by atoms with Crippen LogP contribution in [0.4, 0.5) is 0 Å². The standard InChI is InChI=1S/C46H66O20/c1-17-27(63-30-10-9-26(48)19(3)59-30)13-24-11-23-12-25(43(58-8)42(55)37(50)18(2)47)44(41(54)35(23)40(53)34(24)36(17)49)66-32-15-28(38(51)21(5)61-32)64-31-14-29(39(52)20(4)60-31)65-33-16-46(7,57)45(56)22(6)62-33/h11,13,18-22,25-26,28-33,37-39,43-45,47-53,56-57H,9-10,12,14-16H2,1-8H3/t18-,19-,20-,21-,22-,25+,26+,28-,29-,30+,31+,32+,33+,37+,38-,39-,43+,44+,45-,46+/m1/s1. The van der Waals surface area contributed by atoms with E-state index >= 15 is 0 Å². The first-order chi connectivity index (χ1) is 31.0. The molecule has 7 rings (SSSR count). The van der Waals surface area contributed by atoms with E-state index in [0.29, 0.717) is 12.8 Å². The van der Waals surface area contributed by atoms with Crippen molar-refractivity contribution in [1.82, 2.24) is 0 Å². The van der Waals surface area contributed by atoms with Gasteiger partial charge in [0.15, 0.2) is 36.7 Å². The molecule has 20 nitrogen and oxygen atoms in total. The van der Waals surface area contributed by atoms with Crippen LogP contribution in [0.15, 0.2) is 12.1 Å². The van der Waals surface area contributed by atoms with Gasteiger partial charge in [-0.1, -0.05) is 0 Å². The number of hydrogen-bond acceptors (Lipinski definition) is 20.